The summed E-state index contributed by atoms with van der Waals surface area (Å²) in [4.78, 5) is 6.57. The molecular weight excluding hydrogens is 248 g/mol. The summed E-state index contributed by atoms with van der Waals surface area (Å²) in [6.45, 7) is 1.70. The minimum Gasteiger partial charge on any atom is -0.496 e. The Hall–Kier alpha value is -2.02. The van der Waals surface area contributed by atoms with E-state index < -0.39 is 0 Å². The summed E-state index contributed by atoms with van der Waals surface area (Å²) < 4.78 is 15.8. The third-order valence-electron chi connectivity index (χ3n) is 3.45. The number of hydrogen-bond acceptors (Lipinski definition) is 7. The Labute approximate surface area is 110 Å². The molecule has 1 saturated heterocycles. The highest BCUT2D eigenvalue weighted by Crippen LogP contribution is 2.33. The molecule has 102 valence electrons. The fourth-order valence-corrected chi connectivity index (χ4v) is 2.38. The molecule has 0 bridgehead atoms. The van der Waals surface area contributed by atoms with E-state index in [4.69, 9.17) is 19.7 Å². The minimum absolute atomic E-state index is 0.239. The molecule has 0 spiro atoms. The summed E-state index contributed by atoms with van der Waals surface area (Å²) in [5.41, 5.74) is 6.14. The van der Waals surface area contributed by atoms with Gasteiger partial charge in [-0.15, -0.1) is 0 Å². The predicted octanol–water partition coefficient (Wildman–Crippen LogP) is 1.04. The van der Waals surface area contributed by atoms with Gasteiger partial charge in [-0.3, -0.25) is 0 Å². The van der Waals surface area contributed by atoms with Gasteiger partial charge < -0.3 is 24.6 Å². The lowest BCUT2D eigenvalue weighted by atomic mass is 10.3. The van der Waals surface area contributed by atoms with Crippen LogP contribution in [0.5, 0.6) is 5.75 Å². The molecule has 0 amide bonds. The number of rotatable bonds is 3. The SMILES string of the molecule is COc1cc(N2CCC(OC)C2)nc2onc(N)c12. The van der Waals surface area contributed by atoms with Gasteiger partial charge in [-0.25, -0.2) is 0 Å². The second kappa shape index (κ2) is 4.58. The third-order valence-corrected chi connectivity index (χ3v) is 3.45. The highest BCUT2D eigenvalue weighted by molar-refractivity contribution is 5.91. The molecule has 3 heterocycles. The van der Waals surface area contributed by atoms with E-state index in [1.54, 1.807) is 14.2 Å². The molecule has 19 heavy (non-hydrogen) atoms. The van der Waals surface area contributed by atoms with Gasteiger partial charge in [0.2, 0.25) is 0 Å². The Kier molecular flexibility index (Phi) is 2.90. The topological polar surface area (TPSA) is 86.6 Å². The van der Waals surface area contributed by atoms with Crippen LogP contribution in [0.2, 0.25) is 0 Å². The fraction of sp³-hybridized carbons (Fsp3) is 0.500. The maximum Gasteiger partial charge on any atom is 0.265 e. The van der Waals surface area contributed by atoms with E-state index in [1.807, 2.05) is 6.07 Å². The van der Waals surface area contributed by atoms with Crippen LogP contribution in [0.15, 0.2) is 10.6 Å². The monoisotopic (exact) mass is 264 g/mol. The zero-order valence-electron chi connectivity index (χ0n) is 10.9. The molecule has 0 aromatic carbocycles. The molecule has 2 aromatic rings. The second-order valence-corrected chi connectivity index (χ2v) is 4.52. The average Bonchev–Trinajstić information content (AvgIpc) is 3.05. The number of anilines is 2. The van der Waals surface area contributed by atoms with Crippen molar-refractivity contribution in [1.82, 2.24) is 10.1 Å². The molecule has 7 heteroatoms. The molecule has 1 aliphatic heterocycles. The molecule has 0 aliphatic carbocycles. The number of methoxy groups -OCH3 is 2. The summed E-state index contributed by atoms with van der Waals surface area (Å²) >= 11 is 0. The molecule has 1 atom stereocenters. The van der Waals surface area contributed by atoms with Crippen LogP contribution < -0.4 is 15.4 Å². The normalized spacial score (nSPS) is 19.3. The molecular formula is C12H16N4O3. The number of nitrogens with zero attached hydrogens (tertiary/aromatic N) is 3. The number of ether oxygens (including phenoxy) is 2. The molecule has 1 fully saturated rings. The maximum atomic E-state index is 5.74. The summed E-state index contributed by atoms with van der Waals surface area (Å²) in [7, 11) is 3.31. The van der Waals surface area contributed by atoms with E-state index in [-0.39, 0.29) is 6.10 Å². The number of fused-ring (bicyclic) bond motifs is 1. The summed E-state index contributed by atoms with van der Waals surface area (Å²) in [5, 5.41) is 4.34. The first-order chi connectivity index (χ1) is 9.22. The summed E-state index contributed by atoms with van der Waals surface area (Å²) in [6.07, 6.45) is 1.22. The van der Waals surface area contributed by atoms with Crippen LogP contribution in [-0.4, -0.2) is 43.6 Å². The Morgan fingerprint density at radius 3 is 3.00 bits per heavy atom. The van der Waals surface area contributed by atoms with Crippen LogP contribution >= 0.6 is 0 Å². The van der Waals surface area contributed by atoms with Crippen LogP contribution in [-0.2, 0) is 4.74 Å². The van der Waals surface area contributed by atoms with E-state index in [0.717, 1.165) is 25.3 Å². The molecule has 3 rings (SSSR count). The minimum atomic E-state index is 0.239. The largest absolute Gasteiger partial charge is 0.496 e. The van der Waals surface area contributed by atoms with Crippen LogP contribution in [0.3, 0.4) is 0 Å². The van der Waals surface area contributed by atoms with Gasteiger partial charge in [0.25, 0.3) is 5.71 Å². The van der Waals surface area contributed by atoms with Gasteiger partial charge in [0.1, 0.15) is 17.0 Å². The Balaban J connectivity index is 2.01. The first kappa shape index (κ1) is 12.0. The fourth-order valence-electron chi connectivity index (χ4n) is 2.38. The number of pyridine rings is 1. The van der Waals surface area contributed by atoms with E-state index in [0.29, 0.717) is 22.7 Å². The molecule has 0 saturated carbocycles. The van der Waals surface area contributed by atoms with Gasteiger partial charge in [0, 0.05) is 26.3 Å². The van der Waals surface area contributed by atoms with Crippen LogP contribution in [0.4, 0.5) is 11.6 Å². The van der Waals surface area contributed by atoms with Gasteiger partial charge >= 0.3 is 0 Å². The lowest BCUT2D eigenvalue weighted by Gasteiger charge is -2.17. The van der Waals surface area contributed by atoms with Gasteiger partial charge in [-0.1, -0.05) is 5.16 Å². The first-order valence-corrected chi connectivity index (χ1v) is 6.10. The van der Waals surface area contributed by atoms with Crippen LogP contribution in [0.1, 0.15) is 6.42 Å². The van der Waals surface area contributed by atoms with Crippen molar-refractivity contribution < 1.29 is 14.0 Å². The predicted molar refractivity (Wildman–Crippen MR) is 70.4 cm³/mol. The van der Waals surface area contributed by atoms with Crippen molar-refractivity contribution in [2.45, 2.75) is 12.5 Å². The Bertz CT molecular complexity index is 598. The van der Waals surface area contributed by atoms with Crippen molar-refractivity contribution in [3.63, 3.8) is 0 Å². The standard InChI is InChI=1S/C12H16N4O3/c1-17-7-3-4-16(6-7)9-5-8(18-2)10-11(13)15-19-12(10)14-9/h5,7H,3-4,6H2,1-2H3,(H2,13,15). The van der Waals surface area contributed by atoms with Crippen molar-refractivity contribution >= 4 is 22.7 Å². The summed E-state index contributed by atoms with van der Waals surface area (Å²) in [5.74, 6) is 1.71. The Morgan fingerprint density at radius 1 is 1.47 bits per heavy atom. The van der Waals surface area contributed by atoms with Gasteiger partial charge in [0.05, 0.1) is 13.2 Å². The van der Waals surface area contributed by atoms with E-state index in [9.17, 15) is 0 Å². The van der Waals surface area contributed by atoms with Crippen molar-refractivity contribution in [3.05, 3.63) is 6.07 Å². The van der Waals surface area contributed by atoms with Crippen LogP contribution in [0, 0.1) is 0 Å². The zero-order valence-corrected chi connectivity index (χ0v) is 10.9. The van der Waals surface area contributed by atoms with E-state index in [2.05, 4.69) is 15.0 Å². The molecule has 1 aliphatic rings. The average molecular weight is 264 g/mol. The highest BCUT2D eigenvalue weighted by atomic mass is 16.5. The van der Waals surface area contributed by atoms with E-state index in [1.165, 1.54) is 0 Å². The number of nitrogens with two attached hydrogens (primary N) is 1. The Morgan fingerprint density at radius 2 is 2.32 bits per heavy atom. The van der Waals surface area contributed by atoms with Crippen molar-refractivity contribution in [3.8, 4) is 5.75 Å². The molecule has 0 radical (unpaired) electrons. The van der Waals surface area contributed by atoms with E-state index >= 15 is 0 Å². The van der Waals surface area contributed by atoms with Crippen molar-refractivity contribution in [2.75, 3.05) is 37.9 Å². The van der Waals surface area contributed by atoms with Gasteiger partial charge in [-0.2, -0.15) is 4.98 Å². The smallest absolute Gasteiger partial charge is 0.265 e. The third kappa shape index (κ3) is 1.95. The molecule has 7 nitrogen and oxygen atoms in total. The van der Waals surface area contributed by atoms with Crippen molar-refractivity contribution in [1.29, 1.82) is 0 Å². The summed E-state index contributed by atoms with van der Waals surface area (Å²) in [6, 6.07) is 1.86. The molecule has 2 N–H and O–H groups in total. The number of nitrogen functional groups attached to an aromatic ring is 1. The first-order valence-electron chi connectivity index (χ1n) is 6.10. The zero-order chi connectivity index (χ0) is 13.4. The maximum absolute atomic E-state index is 5.74. The molecule has 1 unspecified atom stereocenters. The van der Waals surface area contributed by atoms with Gasteiger partial charge in [-0.05, 0) is 6.42 Å². The second-order valence-electron chi connectivity index (χ2n) is 4.52. The lowest BCUT2D eigenvalue weighted by Crippen LogP contribution is -2.23. The molecule has 2 aromatic heterocycles. The highest BCUT2D eigenvalue weighted by Gasteiger charge is 2.25. The van der Waals surface area contributed by atoms with Crippen molar-refractivity contribution in [2.24, 2.45) is 0 Å². The number of aromatic nitrogens is 2. The quantitative estimate of drug-likeness (QED) is 0.886. The number of hydrogen-bond donors (Lipinski definition) is 1. The lowest BCUT2D eigenvalue weighted by molar-refractivity contribution is 0.121. The van der Waals surface area contributed by atoms with Gasteiger partial charge in [0.15, 0.2) is 5.82 Å². The van der Waals surface area contributed by atoms with Crippen LogP contribution in [0.25, 0.3) is 11.1 Å².